The van der Waals surface area contributed by atoms with Crippen LogP contribution in [0.1, 0.15) is 46.5 Å². The summed E-state index contributed by atoms with van der Waals surface area (Å²) in [5.74, 6) is 0.596. The number of methoxy groups -OCH3 is 1. The number of halogens is 1. The molecule has 1 atom stereocenters. The molecule has 7 nitrogen and oxygen atoms in total. The van der Waals surface area contributed by atoms with Crippen molar-refractivity contribution in [3.05, 3.63) is 48.5 Å². The van der Waals surface area contributed by atoms with Crippen molar-refractivity contribution in [2.45, 2.75) is 52.1 Å². The van der Waals surface area contributed by atoms with Gasteiger partial charge in [0.1, 0.15) is 17.7 Å². The molecule has 1 aromatic heterocycles. The average molecular weight is 467 g/mol. The Kier molecular flexibility index (Phi) is 6.86. The van der Waals surface area contributed by atoms with Crippen molar-refractivity contribution in [3.63, 3.8) is 0 Å². The molecule has 34 heavy (non-hydrogen) atoms. The van der Waals surface area contributed by atoms with Crippen molar-refractivity contribution in [1.29, 1.82) is 0 Å². The van der Waals surface area contributed by atoms with Gasteiger partial charge in [0.2, 0.25) is 0 Å². The van der Waals surface area contributed by atoms with E-state index in [1.165, 1.54) is 13.4 Å². The summed E-state index contributed by atoms with van der Waals surface area (Å²) < 4.78 is 25.8. The van der Waals surface area contributed by atoms with Gasteiger partial charge in [0, 0.05) is 11.1 Å². The number of anilines is 3. The third-order valence-corrected chi connectivity index (χ3v) is 6.22. The number of benzene rings is 2. The Morgan fingerprint density at radius 3 is 2.79 bits per heavy atom. The number of rotatable bonds is 9. The van der Waals surface area contributed by atoms with Gasteiger partial charge in [0.15, 0.2) is 11.6 Å². The Hall–Kier alpha value is -3.42. The highest BCUT2D eigenvalue weighted by molar-refractivity contribution is 5.97. The second-order valence-electron chi connectivity index (χ2n) is 9.19. The largest absolute Gasteiger partial charge is 0.494 e. The molecule has 1 N–H and O–H groups in total. The maximum atomic E-state index is 14.7. The number of nitrogens with one attached hydrogen (secondary N) is 1. The predicted molar refractivity (Wildman–Crippen MR) is 131 cm³/mol. The van der Waals surface area contributed by atoms with E-state index in [0.29, 0.717) is 34.9 Å². The zero-order chi connectivity index (χ0) is 24.3. The highest BCUT2D eigenvalue weighted by Gasteiger charge is 2.44. The lowest BCUT2D eigenvalue weighted by Crippen LogP contribution is -2.35. The fourth-order valence-corrected chi connectivity index (χ4v) is 4.42. The van der Waals surface area contributed by atoms with Crippen molar-refractivity contribution in [2.24, 2.45) is 5.92 Å². The van der Waals surface area contributed by atoms with Gasteiger partial charge in [-0.25, -0.2) is 19.2 Å². The monoisotopic (exact) mass is 466 g/mol. The van der Waals surface area contributed by atoms with Crippen molar-refractivity contribution < 1.29 is 18.7 Å². The van der Waals surface area contributed by atoms with Gasteiger partial charge in [-0.3, -0.25) is 4.90 Å². The van der Waals surface area contributed by atoms with E-state index in [1.807, 2.05) is 18.2 Å². The molecule has 180 valence electrons. The third-order valence-electron chi connectivity index (χ3n) is 6.22. The molecule has 4 rings (SSSR count). The van der Waals surface area contributed by atoms with Gasteiger partial charge in [-0.05, 0) is 55.5 Å². The molecule has 1 aliphatic rings. The minimum Gasteiger partial charge on any atom is -0.494 e. The number of carbonyl (C=O) groups is 1. The second kappa shape index (κ2) is 9.83. The van der Waals surface area contributed by atoms with Crippen LogP contribution >= 0.6 is 0 Å². The number of cyclic esters (lactones) is 1. The van der Waals surface area contributed by atoms with E-state index in [-0.39, 0.29) is 17.5 Å². The number of hydrogen-bond donors (Lipinski definition) is 1. The topological polar surface area (TPSA) is 76.6 Å². The van der Waals surface area contributed by atoms with E-state index in [2.05, 4.69) is 36.1 Å². The molecule has 1 unspecified atom stereocenters. The van der Waals surface area contributed by atoms with E-state index < -0.39 is 11.4 Å². The van der Waals surface area contributed by atoms with Crippen molar-refractivity contribution >= 4 is 34.2 Å². The van der Waals surface area contributed by atoms with E-state index >= 15 is 0 Å². The Bertz CT molecular complexity index is 1190. The first-order valence-corrected chi connectivity index (χ1v) is 11.7. The molecule has 2 aromatic carbocycles. The first kappa shape index (κ1) is 23.7. The van der Waals surface area contributed by atoms with Crippen molar-refractivity contribution in [3.8, 4) is 5.75 Å². The summed E-state index contributed by atoms with van der Waals surface area (Å²) in [4.78, 5) is 23.3. The van der Waals surface area contributed by atoms with Crippen LogP contribution in [0.15, 0.2) is 42.7 Å². The molecule has 8 heteroatoms. The van der Waals surface area contributed by atoms with Gasteiger partial charge in [-0.2, -0.15) is 0 Å². The minimum absolute atomic E-state index is 0.137. The van der Waals surface area contributed by atoms with Gasteiger partial charge < -0.3 is 14.8 Å². The lowest BCUT2D eigenvalue weighted by Gasteiger charge is -2.27. The number of ether oxygens (including phenoxy) is 2. The molecule has 0 saturated carbocycles. The summed E-state index contributed by atoms with van der Waals surface area (Å²) in [7, 11) is 1.42. The van der Waals surface area contributed by atoms with E-state index in [9.17, 15) is 9.18 Å². The van der Waals surface area contributed by atoms with Crippen LogP contribution in [0.25, 0.3) is 10.9 Å². The van der Waals surface area contributed by atoms with Gasteiger partial charge in [-0.15, -0.1) is 0 Å². The lowest BCUT2D eigenvalue weighted by molar-refractivity contribution is 0.0374. The van der Waals surface area contributed by atoms with Crippen LogP contribution in [-0.4, -0.2) is 35.3 Å². The van der Waals surface area contributed by atoms with E-state index in [4.69, 9.17) is 9.47 Å². The number of amides is 1. The lowest BCUT2D eigenvalue weighted by atomic mass is 9.89. The molecule has 1 saturated heterocycles. The number of hydrogen-bond acceptors (Lipinski definition) is 6. The van der Waals surface area contributed by atoms with Crippen LogP contribution in [0, 0.1) is 11.7 Å². The third kappa shape index (κ3) is 4.76. The molecule has 2 heterocycles. The van der Waals surface area contributed by atoms with Crippen LogP contribution in [0.5, 0.6) is 5.75 Å². The van der Waals surface area contributed by atoms with Gasteiger partial charge in [0.05, 0.1) is 24.9 Å². The number of nitrogens with zero attached hydrogens (tertiary/aromatic N) is 3. The predicted octanol–water partition coefficient (Wildman–Crippen LogP) is 6.45. The average Bonchev–Trinajstić information content (AvgIpc) is 3.15. The smallest absolute Gasteiger partial charge is 0.415 e. The Balaban J connectivity index is 1.67. The fraction of sp³-hybridized carbons (Fsp3) is 0.423. The summed E-state index contributed by atoms with van der Waals surface area (Å²) in [5, 5.41) is 3.72. The van der Waals surface area contributed by atoms with Crippen molar-refractivity contribution in [2.75, 3.05) is 23.9 Å². The molecule has 1 fully saturated rings. The van der Waals surface area contributed by atoms with E-state index in [1.54, 1.807) is 23.1 Å². The van der Waals surface area contributed by atoms with E-state index in [0.717, 1.165) is 25.7 Å². The summed E-state index contributed by atoms with van der Waals surface area (Å²) in [6, 6.07) is 10.4. The molecule has 0 spiro atoms. The fourth-order valence-electron chi connectivity index (χ4n) is 4.42. The van der Waals surface area contributed by atoms with Gasteiger partial charge in [-0.1, -0.05) is 33.3 Å². The maximum Gasteiger partial charge on any atom is 0.415 e. The SMILES string of the molecule is CCCC1(CCC(C)C)CN(c2ccc3ncnc(Nc4cccc(OC)c4F)c3c2)C(=O)O1. The first-order chi connectivity index (χ1) is 16.4. The van der Waals surface area contributed by atoms with Crippen LogP contribution < -0.4 is 15.0 Å². The Morgan fingerprint density at radius 1 is 1.24 bits per heavy atom. The molecule has 1 amide bonds. The van der Waals surface area contributed by atoms with Crippen LogP contribution in [0.4, 0.5) is 26.4 Å². The second-order valence-corrected chi connectivity index (χ2v) is 9.19. The minimum atomic E-state index is -0.509. The number of fused-ring (bicyclic) bond motifs is 1. The van der Waals surface area contributed by atoms with Gasteiger partial charge in [0.25, 0.3) is 0 Å². The molecule has 0 radical (unpaired) electrons. The quantitative estimate of drug-likeness (QED) is 0.390. The highest BCUT2D eigenvalue weighted by Crippen LogP contribution is 2.37. The summed E-state index contributed by atoms with van der Waals surface area (Å²) >= 11 is 0. The Morgan fingerprint density at radius 2 is 2.06 bits per heavy atom. The zero-order valence-electron chi connectivity index (χ0n) is 20.1. The van der Waals surface area contributed by atoms with Crippen LogP contribution in [0.2, 0.25) is 0 Å². The van der Waals surface area contributed by atoms with Crippen LogP contribution in [0.3, 0.4) is 0 Å². The standard InChI is InChI=1S/C26H31FN4O3/c1-5-12-26(13-11-17(2)3)15-31(25(32)34-26)18-9-10-20-19(14-18)24(29-16-28-20)30-21-7-6-8-22(33-4)23(21)27/h6-10,14,16-17H,5,11-13,15H2,1-4H3,(H,28,29,30). The maximum absolute atomic E-state index is 14.7. The molecule has 1 aliphatic heterocycles. The normalized spacial score (nSPS) is 17.9. The van der Waals surface area contributed by atoms with Crippen LogP contribution in [-0.2, 0) is 4.74 Å². The zero-order valence-corrected chi connectivity index (χ0v) is 20.1. The van der Waals surface area contributed by atoms with Crippen molar-refractivity contribution in [1.82, 2.24) is 9.97 Å². The molecule has 0 aliphatic carbocycles. The summed E-state index contributed by atoms with van der Waals surface area (Å²) in [6.07, 6.45) is 4.66. The number of carbonyl (C=O) groups excluding carboxylic acids is 1. The molecule has 0 bridgehead atoms. The van der Waals surface area contributed by atoms with Gasteiger partial charge >= 0.3 is 6.09 Å². The summed E-state index contributed by atoms with van der Waals surface area (Å²) in [6.45, 7) is 6.96. The first-order valence-electron chi connectivity index (χ1n) is 11.7. The molecule has 3 aromatic rings. The highest BCUT2D eigenvalue weighted by atomic mass is 19.1. The number of aromatic nitrogens is 2. The summed E-state index contributed by atoms with van der Waals surface area (Å²) in [5.41, 5.74) is 1.13. The Labute approximate surface area is 199 Å². The molecular formula is C26H31FN4O3. The molecular weight excluding hydrogens is 435 g/mol.